The van der Waals surface area contributed by atoms with Crippen LogP contribution in [0.5, 0.6) is 0 Å². The molecule has 1 aromatic heterocycles. The first kappa shape index (κ1) is 11.6. The first-order chi connectivity index (χ1) is 8.28. The van der Waals surface area contributed by atoms with E-state index in [1.165, 1.54) is 11.1 Å². The third-order valence-electron chi connectivity index (χ3n) is 2.70. The van der Waals surface area contributed by atoms with Crippen molar-refractivity contribution in [2.45, 2.75) is 26.8 Å². The van der Waals surface area contributed by atoms with Crippen molar-refractivity contribution in [2.24, 2.45) is 0 Å². The number of hydrogen-bond acceptors (Lipinski definition) is 3. The summed E-state index contributed by atoms with van der Waals surface area (Å²) in [6.45, 7) is 4.95. The van der Waals surface area contributed by atoms with E-state index in [0.29, 0.717) is 0 Å². The van der Waals surface area contributed by atoms with Crippen molar-refractivity contribution in [3.8, 4) is 0 Å². The summed E-state index contributed by atoms with van der Waals surface area (Å²) in [5.41, 5.74) is 3.73. The number of benzene rings is 1. The highest BCUT2D eigenvalue weighted by atomic mass is 15.2. The summed E-state index contributed by atoms with van der Waals surface area (Å²) in [7, 11) is 0. The van der Waals surface area contributed by atoms with E-state index in [-0.39, 0.29) is 0 Å². The van der Waals surface area contributed by atoms with E-state index < -0.39 is 0 Å². The number of nitrogens with zero attached hydrogens (tertiary/aromatic N) is 2. The van der Waals surface area contributed by atoms with Crippen LogP contribution in [0, 0.1) is 6.92 Å². The molecular formula is C14H17N3. The maximum Gasteiger partial charge on any atom is 0.149 e. The van der Waals surface area contributed by atoms with Gasteiger partial charge in [0, 0.05) is 6.54 Å². The Balaban J connectivity index is 1.97. The molecule has 0 aliphatic heterocycles. The number of aryl methyl sites for hydroxylation is 2. The molecule has 0 saturated heterocycles. The van der Waals surface area contributed by atoms with Crippen LogP contribution < -0.4 is 5.32 Å². The van der Waals surface area contributed by atoms with Crippen LogP contribution in [-0.4, -0.2) is 10.2 Å². The van der Waals surface area contributed by atoms with Crippen LogP contribution in [0.1, 0.15) is 23.6 Å². The van der Waals surface area contributed by atoms with Gasteiger partial charge in [0.15, 0.2) is 0 Å². The van der Waals surface area contributed by atoms with Crippen LogP contribution in [0.3, 0.4) is 0 Å². The monoisotopic (exact) mass is 227 g/mol. The van der Waals surface area contributed by atoms with Crippen LogP contribution in [0.2, 0.25) is 0 Å². The van der Waals surface area contributed by atoms with Crippen molar-refractivity contribution in [1.82, 2.24) is 10.2 Å². The van der Waals surface area contributed by atoms with Crippen LogP contribution in [0.25, 0.3) is 0 Å². The lowest BCUT2D eigenvalue weighted by Crippen LogP contribution is -2.02. The highest BCUT2D eigenvalue weighted by molar-refractivity contribution is 5.36. The minimum Gasteiger partial charge on any atom is -0.364 e. The van der Waals surface area contributed by atoms with E-state index in [4.69, 9.17) is 0 Å². The molecule has 0 aliphatic carbocycles. The summed E-state index contributed by atoms with van der Waals surface area (Å²) >= 11 is 0. The van der Waals surface area contributed by atoms with E-state index in [9.17, 15) is 0 Å². The largest absolute Gasteiger partial charge is 0.364 e. The van der Waals surface area contributed by atoms with Crippen LogP contribution in [0.4, 0.5) is 5.82 Å². The van der Waals surface area contributed by atoms with Gasteiger partial charge in [0.05, 0.1) is 6.20 Å². The minimum atomic E-state index is 0.780. The summed E-state index contributed by atoms with van der Waals surface area (Å²) in [5.74, 6) is 0.824. The summed E-state index contributed by atoms with van der Waals surface area (Å²) in [6.07, 6.45) is 2.83. The normalized spacial score (nSPS) is 10.2. The van der Waals surface area contributed by atoms with Crippen molar-refractivity contribution in [3.63, 3.8) is 0 Å². The average molecular weight is 227 g/mol. The zero-order valence-corrected chi connectivity index (χ0v) is 10.3. The Bertz CT molecular complexity index is 477. The van der Waals surface area contributed by atoms with E-state index in [0.717, 1.165) is 24.3 Å². The van der Waals surface area contributed by atoms with Gasteiger partial charge in [-0.05, 0) is 36.1 Å². The second-order valence-corrected chi connectivity index (χ2v) is 4.14. The third kappa shape index (κ3) is 3.28. The lowest BCUT2D eigenvalue weighted by molar-refractivity contribution is 0.987. The smallest absolute Gasteiger partial charge is 0.149 e. The van der Waals surface area contributed by atoms with Gasteiger partial charge in [-0.25, -0.2) is 0 Å². The van der Waals surface area contributed by atoms with Crippen molar-refractivity contribution in [3.05, 3.63) is 53.2 Å². The van der Waals surface area contributed by atoms with Crippen molar-refractivity contribution < 1.29 is 0 Å². The number of anilines is 1. The molecule has 0 radical (unpaired) electrons. The lowest BCUT2D eigenvalue weighted by Gasteiger charge is -2.06. The lowest BCUT2D eigenvalue weighted by atomic mass is 10.1. The molecule has 0 bridgehead atoms. The number of hydrogen-bond donors (Lipinski definition) is 1. The Labute approximate surface area is 102 Å². The molecule has 1 heterocycles. The van der Waals surface area contributed by atoms with Crippen LogP contribution >= 0.6 is 0 Å². The van der Waals surface area contributed by atoms with Crippen LogP contribution in [0.15, 0.2) is 36.5 Å². The highest BCUT2D eigenvalue weighted by Gasteiger charge is 1.96. The average Bonchev–Trinajstić information content (AvgIpc) is 2.37. The molecule has 17 heavy (non-hydrogen) atoms. The van der Waals surface area contributed by atoms with Crippen molar-refractivity contribution >= 4 is 5.82 Å². The van der Waals surface area contributed by atoms with Crippen molar-refractivity contribution in [1.29, 1.82) is 0 Å². The number of nitrogens with one attached hydrogen (secondary N) is 1. The number of aromatic nitrogens is 2. The van der Waals surface area contributed by atoms with Gasteiger partial charge < -0.3 is 5.32 Å². The predicted molar refractivity (Wildman–Crippen MR) is 69.9 cm³/mol. The fourth-order valence-corrected chi connectivity index (χ4v) is 1.64. The molecule has 88 valence electrons. The van der Waals surface area contributed by atoms with E-state index >= 15 is 0 Å². The van der Waals surface area contributed by atoms with Gasteiger partial charge in [0.2, 0.25) is 0 Å². The van der Waals surface area contributed by atoms with Gasteiger partial charge in [0.1, 0.15) is 5.82 Å². The Morgan fingerprint density at radius 3 is 2.47 bits per heavy atom. The molecular weight excluding hydrogens is 210 g/mol. The van der Waals surface area contributed by atoms with Crippen molar-refractivity contribution in [2.75, 3.05) is 5.32 Å². The zero-order chi connectivity index (χ0) is 12.1. The molecule has 0 aliphatic rings. The quantitative estimate of drug-likeness (QED) is 0.872. The fourth-order valence-electron chi connectivity index (χ4n) is 1.64. The molecule has 3 nitrogen and oxygen atoms in total. The summed E-state index contributed by atoms with van der Waals surface area (Å²) in [4.78, 5) is 0. The first-order valence-electron chi connectivity index (χ1n) is 5.89. The molecule has 1 N–H and O–H groups in total. The van der Waals surface area contributed by atoms with E-state index in [2.05, 4.69) is 46.7 Å². The second kappa shape index (κ2) is 5.43. The second-order valence-electron chi connectivity index (χ2n) is 4.14. The molecule has 0 spiro atoms. The van der Waals surface area contributed by atoms with Gasteiger partial charge >= 0.3 is 0 Å². The zero-order valence-electron chi connectivity index (χ0n) is 10.3. The topological polar surface area (TPSA) is 37.8 Å². The third-order valence-corrected chi connectivity index (χ3v) is 2.70. The molecule has 0 fully saturated rings. The maximum absolute atomic E-state index is 4.03. The molecule has 0 atom stereocenters. The Morgan fingerprint density at radius 1 is 1.12 bits per heavy atom. The van der Waals surface area contributed by atoms with Gasteiger partial charge in [-0.1, -0.05) is 31.2 Å². The fraction of sp³-hybridized carbons (Fsp3) is 0.286. The maximum atomic E-state index is 4.03. The first-order valence-corrected chi connectivity index (χ1v) is 5.89. The Hall–Kier alpha value is -1.90. The number of rotatable bonds is 4. The minimum absolute atomic E-state index is 0.780. The van der Waals surface area contributed by atoms with Gasteiger partial charge in [-0.15, -0.1) is 5.10 Å². The molecule has 2 aromatic rings. The molecule has 2 rings (SSSR count). The SMILES string of the molecule is CCc1ccc(CNc2cc(C)cnn2)cc1. The molecule has 0 amide bonds. The molecule has 0 saturated carbocycles. The van der Waals surface area contributed by atoms with E-state index in [1.807, 2.05) is 13.0 Å². The summed E-state index contributed by atoms with van der Waals surface area (Å²) < 4.78 is 0. The highest BCUT2D eigenvalue weighted by Crippen LogP contribution is 2.08. The van der Waals surface area contributed by atoms with Gasteiger partial charge in [0.25, 0.3) is 0 Å². The summed E-state index contributed by atoms with van der Waals surface area (Å²) in [5, 5.41) is 11.2. The van der Waals surface area contributed by atoms with Crippen LogP contribution in [-0.2, 0) is 13.0 Å². The predicted octanol–water partition coefficient (Wildman–Crippen LogP) is 2.96. The molecule has 1 aromatic carbocycles. The standard InChI is InChI=1S/C14H17N3/c1-3-12-4-6-13(7-5-12)10-15-14-8-11(2)9-16-17-14/h4-9H,3,10H2,1-2H3,(H,15,17). The van der Waals surface area contributed by atoms with Gasteiger partial charge in [-0.2, -0.15) is 5.10 Å². The Kier molecular flexibility index (Phi) is 3.70. The van der Waals surface area contributed by atoms with Gasteiger partial charge in [-0.3, -0.25) is 0 Å². The Morgan fingerprint density at radius 2 is 1.82 bits per heavy atom. The van der Waals surface area contributed by atoms with E-state index in [1.54, 1.807) is 6.20 Å². The molecule has 0 unspecified atom stereocenters. The summed E-state index contributed by atoms with van der Waals surface area (Å²) in [6, 6.07) is 10.6. The molecule has 3 heteroatoms.